The van der Waals surface area contributed by atoms with Gasteiger partial charge in [-0.1, -0.05) is 13.8 Å². The second-order valence-corrected chi connectivity index (χ2v) is 8.76. The van der Waals surface area contributed by atoms with Crippen LogP contribution in [0.4, 0.5) is 5.69 Å². The number of nitrogens with zero attached hydrogens (tertiary/aromatic N) is 1. The lowest BCUT2D eigenvalue weighted by atomic mass is 10.0. The quantitative estimate of drug-likeness (QED) is 0.713. The van der Waals surface area contributed by atoms with Gasteiger partial charge in [0.15, 0.2) is 0 Å². The van der Waals surface area contributed by atoms with Crippen LogP contribution in [0.15, 0.2) is 29.2 Å². The van der Waals surface area contributed by atoms with Crippen molar-refractivity contribution in [3.8, 4) is 0 Å². The van der Waals surface area contributed by atoms with Gasteiger partial charge < -0.3 is 10.1 Å². The van der Waals surface area contributed by atoms with Crippen molar-refractivity contribution in [3.05, 3.63) is 24.3 Å². The first-order valence-electron chi connectivity index (χ1n) is 8.97. The van der Waals surface area contributed by atoms with E-state index in [-0.39, 0.29) is 16.8 Å². The van der Waals surface area contributed by atoms with Crippen molar-refractivity contribution in [2.45, 2.75) is 38.1 Å². The summed E-state index contributed by atoms with van der Waals surface area (Å²) in [6.45, 7) is 9.08. The molecule has 0 aliphatic carbocycles. The van der Waals surface area contributed by atoms with Crippen molar-refractivity contribution >= 4 is 21.6 Å². The average Bonchev–Trinajstić information content (AvgIpc) is 2.59. The molecule has 2 rings (SSSR count). The van der Waals surface area contributed by atoms with Gasteiger partial charge in [-0.25, -0.2) is 13.1 Å². The summed E-state index contributed by atoms with van der Waals surface area (Å²) in [6, 6.07) is 6.32. The molecule has 26 heavy (non-hydrogen) atoms. The normalized spacial score (nSPS) is 17.2. The lowest BCUT2D eigenvalue weighted by Crippen LogP contribution is -2.49. The minimum atomic E-state index is -3.60. The molecule has 1 atom stereocenters. The number of benzene rings is 1. The van der Waals surface area contributed by atoms with Crippen LogP contribution in [-0.2, 0) is 19.6 Å². The summed E-state index contributed by atoms with van der Waals surface area (Å²) in [5.41, 5.74) is 0.572. The first-order chi connectivity index (χ1) is 12.3. The largest absolute Gasteiger partial charge is 0.379 e. The van der Waals surface area contributed by atoms with Crippen LogP contribution < -0.4 is 10.0 Å². The lowest BCUT2D eigenvalue weighted by Gasteiger charge is -2.35. The number of anilines is 1. The molecule has 0 spiro atoms. The Balaban J connectivity index is 2.02. The molecule has 8 heteroatoms. The van der Waals surface area contributed by atoms with E-state index >= 15 is 0 Å². The summed E-state index contributed by atoms with van der Waals surface area (Å²) in [6.07, 6.45) is 0.921. The average molecular weight is 384 g/mol. The van der Waals surface area contributed by atoms with Gasteiger partial charge in [0, 0.05) is 38.3 Å². The van der Waals surface area contributed by atoms with Crippen LogP contribution in [0.25, 0.3) is 0 Å². The molecular weight excluding hydrogens is 354 g/mol. The topological polar surface area (TPSA) is 87.7 Å². The highest BCUT2D eigenvalue weighted by Crippen LogP contribution is 2.16. The highest BCUT2D eigenvalue weighted by Gasteiger charge is 2.24. The maximum atomic E-state index is 12.6. The minimum absolute atomic E-state index is 0.146. The third kappa shape index (κ3) is 6.35. The number of amides is 1. The fourth-order valence-corrected chi connectivity index (χ4v) is 4.13. The molecule has 1 heterocycles. The van der Waals surface area contributed by atoms with Crippen LogP contribution in [0.2, 0.25) is 0 Å². The predicted octanol–water partition coefficient (Wildman–Crippen LogP) is 1.67. The second kappa shape index (κ2) is 9.45. The summed E-state index contributed by atoms with van der Waals surface area (Å²) in [5.74, 6) is 0.282. The van der Waals surface area contributed by atoms with Crippen LogP contribution in [0.1, 0.15) is 27.2 Å². The number of sulfonamides is 1. The van der Waals surface area contributed by atoms with Crippen LogP contribution in [0.5, 0.6) is 0 Å². The third-order valence-electron chi connectivity index (χ3n) is 4.30. The van der Waals surface area contributed by atoms with Crippen molar-refractivity contribution < 1.29 is 17.9 Å². The van der Waals surface area contributed by atoms with Crippen LogP contribution in [0, 0.1) is 5.92 Å². The first kappa shape index (κ1) is 20.8. The van der Waals surface area contributed by atoms with E-state index in [1.165, 1.54) is 19.1 Å². The molecule has 146 valence electrons. The Kier molecular flexibility index (Phi) is 7.57. The van der Waals surface area contributed by atoms with Gasteiger partial charge >= 0.3 is 0 Å². The van der Waals surface area contributed by atoms with Gasteiger partial charge in [0.25, 0.3) is 0 Å². The zero-order valence-corrected chi connectivity index (χ0v) is 16.5. The zero-order chi connectivity index (χ0) is 19.2. The number of hydrogen-bond donors (Lipinski definition) is 2. The molecule has 1 fully saturated rings. The molecule has 1 amide bonds. The van der Waals surface area contributed by atoms with Crippen LogP contribution in [-0.4, -0.2) is 58.1 Å². The number of carbonyl (C=O) groups excluding carboxylic acids is 1. The molecular formula is C18H29N3O4S. The van der Waals surface area contributed by atoms with Crippen LogP contribution in [0.3, 0.4) is 0 Å². The van der Waals surface area contributed by atoms with E-state index in [2.05, 4.69) is 28.8 Å². The summed E-state index contributed by atoms with van der Waals surface area (Å²) < 4.78 is 33.3. The fraction of sp³-hybridized carbons (Fsp3) is 0.611. The van der Waals surface area contributed by atoms with E-state index in [0.29, 0.717) is 31.4 Å². The van der Waals surface area contributed by atoms with Gasteiger partial charge in [0.1, 0.15) is 0 Å². The standard InChI is InChI=1S/C18H29N3O4S/c1-14(2)12-17(21-8-10-25-11-9-21)13-19-26(23,24)18-6-4-16(5-7-18)20-15(3)22/h4-7,14,17,19H,8-13H2,1-3H3,(H,20,22). The Bertz CT molecular complexity index is 683. The van der Waals surface area contributed by atoms with Gasteiger partial charge in [-0.2, -0.15) is 0 Å². The van der Waals surface area contributed by atoms with E-state index < -0.39 is 10.0 Å². The maximum Gasteiger partial charge on any atom is 0.240 e. The van der Waals surface area contributed by atoms with Gasteiger partial charge in [0.05, 0.1) is 18.1 Å². The summed E-state index contributed by atoms with van der Waals surface area (Å²) in [4.78, 5) is 13.5. The molecule has 0 bridgehead atoms. The Morgan fingerprint density at radius 1 is 1.19 bits per heavy atom. The van der Waals surface area contributed by atoms with E-state index in [1.807, 2.05) is 0 Å². The monoisotopic (exact) mass is 383 g/mol. The van der Waals surface area contributed by atoms with Crippen molar-refractivity contribution in [1.29, 1.82) is 0 Å². The minimum Gasteiger partial charge on any atom is -0.379 e. The molecule has 0 aromatic heterocycles. The molecule has 7 nitrogen and oxygen atoms in total. The Morgan fingerprint density at radius 2 is 1.81 bits per heavy atom. The number of hydrogen-bond acceptors (Lipinski definition) is 5. The molecule has 1 aromatic carbocycles. The summed E-state index contributed by atoms with van der Waals surface area (Å²) in [7, 11) is -3.60. The molecule has 0 saturated carbocycles. The Morgan fingerprint density at radius 3 is 2.35 bits per heavy atom. The van der Waals surface area contributed by atoms with Gasteiger partial charge in [-0.15, -0.1) is 0 Å². The number of rotatable bonds is 8. The lowest BCUT2D eigenvalue weighted by molar-refractivity contribution is -0.114. The molecule has 1 aromatic rings. The van der Waals surface area contributed by atoms with E-state index in [4.69, 9.17) is 4.74 Å². The van der Waals surface area contributed by atoms with Crippen LogP contribution >= 0.6 is 0 Å². The smallest absolute Gasteiger partial charge is 0.240 e. The molecule has 0 radical (unpaired) electrons. The highest BCUT2D eigenvalue weighted by atomic mass is 32.2. The first-order valence-corrected chi connectivity index (χ1v) is 10.5. The number of carbonyl (C=O) groups is 1. The molecule has 1 aliphatic heterocycles. The molecule has 1 aliphatic rings. The maximum absolute atomic E-state index is 12.6. The van der Waals surface area contributed by atoms with Crippen molar-refractivity contribution in [1.82, 2.24) is 9.62 Å². The number of ether oxygens (including phenoxy) is 1. The number of morpholine rings is 1. The van der Waals surface area contributed by atoms with Crippen molar-refractivity contribution in [3.63, 3.8) is 0 Å². The van der Waals surface area contributed by atoms with E-state index in [0.717, 1.165) is 19.5 Å². The summed E-state index contributed by atoms with van der Waals surface area (Å²) in [5, 5.41) is 2.63. The highest BCUT2D eigenvalue weighted by molar-refractivity contribution is 7.89. The SMILES string of the molecule is CC(=O)Nc1ccc(S(=O)(=O)NCC(CC(C)C)N2CCOCC2)cc1. The van der Waals surface area contributed by atoms with Crippen molar-refractivity contribution in [2.75, 3.05) is 38.2 Å². The van der Waals surface area contributed by atoms with Gasteiger partial charge in [-0.3, -0.25) is 9.69 Å². The van der Waals surface area contributed by atoms with E-state index in [9.17, 15) is 13.2 Å². The Hall–Kier alpha value is -1.48. The number of nitrogens with one attached hydrogen (secondary N) is 2. The van der Waals surface area contributed by atoms with Gasteiger partial charge in [-0.05, 0) is 36.6 Å². The molecule has 1 unspecified atom stereocenters. The fourth-order valence-electron chi connectivity index (χ4n) is 3.06. The third-order valence-corrected chi connectivity index (χ3v) is 5.74. The van der Waals surface area contributed by atoms with Gasteiger partial charge in [0.2, 0.25) is 15.9 Å². The summed E-state index contributed by atoms with van der Waals surface area (Å²) >= 11 is 0. The molecule has 1 saturated heterocycles. The van der Waals surface area contributed by atoms with E-state index in [1.54, 1.807) is 12.1 Å². The predicted molar refractivity (Wildman–Crippen MR) is 102 cm³/mol. The Labute approximate surface area is 156 Å². The zero-order valence-electron chi connectivity index (χ0n) is 15.7. The van der Waals surface area contributed by atoms with Crippen molar-refractivity contribution in [2.24, 2.45) is 5.92 Å². The molecule has 2 N–H and O–H groups in total. The second-order valence-electron chi connectivity index (χ2n) is 6.99.